The lowest BCUT2D eigenvalue weighted by Gasteiger charge is -2.50. The van der Waals surface area contributed by atoms with E-state index in [0.29, 0.717) is 5.78 Å². The van der Waals surface area contributed by atoms with Crippen molar-refractivity contribution in [2.75, 3.05) is 0 Å². The Balaban J connectivity index is 1.42. The van der Waals surface area contributed by atoms with Crippen molar-refractivity contribution >= 4 is 5.78 Å². The fourth-order valence-corrected chi connectivity index (χ4v) is 8.58. The van der Waals surface area contributed by atoms with E-state index < -0.39 is 0 Å². The zero-order valence-electron chi connectivity index (χ0n) is 19.6. The highest BCUT2D eigenvalue weighted by Gasteiger charge is 2.47. The standard InChI is InChI=1S/C29H40O/c1-18-9-21-12-22(10-18)15-28(4,14-21)25-7-6-8-26(20(25)3)29(5)16-23-11-19(2)27(30)24(13-23)17-29/h7-8,16,18-19,21-22,24H,3,6,9-15,17H2,1-2,4-5H3. The molecule has 5 rings (SSSR count). The molecule has 3 fully saturated rings. The van der Waals surface area contributed by atoms with Gasteiger partial charge in [-0.25, -0.2) is 0 Å². The van der Waals surface area contributed by atoms with Crippen LogP contribution in [0.1, 0.15) is 85.5 Å². The molecule has 5 atom stereocenters. The molecule has 0 aromatic carbocycles. The van der Waals surface area contributed by atoms with Crippen molar-refractivity contribution < 1.29 is 4.79 Å². The predicted octanol–water partition coefficient (Wildman–Crippen LogP) is 7.60. The highest BCUT2D eigenvalue weighted by Crippen LogP contribution is 2.58. The average molecular weight is 405 g/mol. The Bertz CT molecular complexity index is 849. The topological polar surface area (TPSA) is 17.1 Å². The maximum absolute atomic E-state index is 12.8. The Morgan fingerprint density at radius 3 is 2.30 bits per heavy atom. The van der Waals surface area contributed by atoms with Crippen molar-refractivity contribution in [2.45, 2.75) is 85.5 Å². The smallest absolute Gasteiger partial charge is 0.139 e. The van der Waals surface area contributed by atoms with Crippen LogP contribution in [0.25, 0.3) is 0 Å². The summed E-state index contributed by atoms with van der Waals surface area (Å²) < 4.78 is 0. The van der Waals surface area contributed by atoms with Crippen LogP contribution in [-0.4, -0.2) is 5.78 Å². The van der Waals surface area contributed by atoms with E-state index in [2.05, 4.69) is 45.9 Å². The summed E-state index contributed by atoms with van der Waals surface area (Å²) in [5.41, 5.74) is 6.02. The van der Waals surface area contributed by atoms with Crippen molar-refractivity contribution in [1.29, 1.82) is 0 Å². The molecular weight excluding hydrogens is 364 g/mol. The zero-order chi connectivity index (χ0) is 21.3. The van der Waals surface area contributed by atoms with Crippen LogP contribution in [0.2, 0.25) is 0 Å². The molecule has 5 unspecified atom stereocenters. The molecular formula is C29H40O. The molecule has 4 bridgehead atoms. The second kappa shape index (κ2) is 7.07. The monoisotopic (exact) mass is 404 g/mol. The number of hydrogen-bond donors (Lipinski definition) is 0. The summed E-state index contributed by atoms with van der Waals surface area (Å²) in [4.78, 5) is 12.8. The van der Waals surface area contributed by atoms with E-state index >= 15 is 0 Å². The number of Topliss-reactive ketones (excluding diaryl/α,β-unsaturated/α-hetero) is 1. The molecule has 0 aromatic heterocycles. The van der Waals surface area contributed by atoms with E-state index in [9.17, 15) is 4.79 Å². The summed E-state index contributed by atoms with van der Waals surface area (Å²) in [6.45, 7) is 14.2. The summed E-state index contributed by atoms with van der Waals surface area (Å²) >= 11 is 0. The van der Waals surface area contributed by atoms with E-state index in [0.717, 1.165) is 43.4 Å². The van der Waals surface area contributed by atoms with E-state index in [1.165, 1.54) is 48.8 Å². The Morgan fingerprint density at radius 2 is 1.60 bits per heavy atom. The van der Waals surface area contributed by atoms with Gasteiger partial charge in [0.15, 0.2) is 0 Å². The largest absolute Gasteiger partial charge is 0.299 e. The Labute approximate surface area is 183 Å². The van der Waals surface area contributed by atoms with Crippen LogP contribution in [0.15, 0.2) is 47.1 Å². The van der Waals surface area contributed by atoms with Gasteiger partial charge in [-0.2, -0.15) is 0 Å². The van der Waals surface area contributed by atoms with Gasteiger partial charge in [-0.3, -0.25) is 4.79 Å². The van der Waals surface area contributed by atoms with Crippen LogP contribution in [0, 0.1) is 40.4 Å². The average Bonchev–Trinajstić information content (AvgIpc) is 2.64. The first-order valence-corrected chi connectivity index (χ1v) is 12.5. The maximum Gasteiger partial charge on any atom is 0.139 e. The van der Waals surface area contributed by atoms with Gasteiger partial charge >= 0.3 is 0 Å². The molecule has 5 aliphatic carbocycles. The van der Waals surface area contributed by atoms with Crippen LogP contribution in [0.3, 0.4) is 0 Å². The third-order valence-electron chi connectivity index (χ3n) is 9.33. The van der Waals surface area contributed by atoms with E-state index in [1.54, 1.807) is 5.57 Å². The van der Waals surface area contributed by atoms with Gasteiger partial charge in [0, 0.05) is 17.3 Å². The minimum atomic E-state index is -0.0277. The van der Waals surface area contributed by atoms with Gasteiger partial charge in [0.25, 0.3) is 0 Å². The lowest BCUT2D eigenvalue weighted by molar-refractivity contribution is -0.128. The molecule has 0 amide bonds. The van der Waals surface area contributed by atoms with Crippen molar-refractivity contribution in [3.05, 3.63) is 47.1 Å². The first kappa shape index (κ1) is 20.5. The summed E-state index contributed by atoms with van der Waals surface area (Å²) in [6.07, 6.45) is 18.4. The van der Waals surface area contributed by atoms with Crippen molar-refractivity contribution in [1.82, 2.24) is 0 Å². The molecule has 0 aromatic rings. The van der Waals surface area contributed by atoms with Crippen molar-refractivity contribution in [2.24, 2.45) is 40.4 Å². The maximum atomic E-state index is 12.8. The molecule has 0 N–H and O–H groups in total. The second-order valence-corrected chi connectivity index (χ2v) is 12.3. The number of allylic oxidation sites excluding steroid dienone is 7. The van der Waals surface area contributed by atoms with Gasteiger partial charge in [0.1, 0.15) is 5.78 Å². The molecule has 0 spiro atoms. The van der Waals surface area contributed by atoms with Crippen LogP contribution >= 0.6 is 0 Å². The lowest BCUT2D eigenvalue weighted by Crippen LogP contribution is -2.40. The highest BCUT2D eigenvalue weighted by molar-refractivity contribution is 5.85. The quantitative estimate of drug-likeness (QED) is 0.433. The molecule has 162 valence electrons. The number of hydrogen-bond acceptors (Lipinski definition) is 1. The molecule has 1 heteroatoms. The number of carbonyl (C=O) groups excluding carboxylic acids is 1. The summed E-state index contributed by atoms with van der Waals surface area (Å²) in [5, 5.41) is 0. The third kappa shape index (κ3) is 3.32. The minimum absolute atomic E-state index is 0.0277. The molecule has 0 heterocycles. The molecule has 1 nitrogen and oxygen atoms in total. The van der Waals surface area contributed by atoms with Crippen LogP contribution in [0.4, 0.5) is 0 Å². The Morgan fingerprint density at radius 1 is 0.933 bits per heavy atom. The number of carbonyl (C=O) groups is 1. The molecule has 0 saturated heterocycles. The molecule has 5 aliphatic rings. The normalized spacial score (nSPS) is 46.1. The third-order valence-corrected chi connectivity index (χ3v) is 9.33. The second-order valence-electron chi connectivity index (χ2n) is 12.3. The van der Waals surface area contributed by atoms with E-state index in [1.807, 2.05) is 0 Å². The van der Waals surface area contributed by atoms with Gasteiger partial charge in [-0.05, 0) is 97.7 Å². The minimum Gasteiger partial charge on any atom is -0.299 e. The van der Waals surface area contributed by atoms with Crippen LogP contribution in [-0.2, 0) is 4.79 Å². The van der Waals surface area contributed by atoms with Crippen molar-refractivity contribution in [3.8, 4) is 0 Å². The number of fused-ring (bicyclic) bond motifs is 4. The van der Waals surface area contributed by atoms with Gasteiger partial charge in [0.05, 0.1) is 0 Å². The van der Waals surface area contributed by atoms with Gasteiger partial charge in [0.2, 0.25) is 0 Å². The van der Waals surface area contributed by atoms with Gasteiger partial charge in [-0.15, -0.1) is 0 Å². The molecule has 0 aliphatic heterocycles. The highest BCUT2D eigenvalue weighted by atomic mass is 16.1. The zero-order valence-corrected chi connectivity index (χ0v) is 19.6. The molecule has 3 saturated carbocycles. The Kier molecular flexibility index (Phi) is 4.84. The van der Waals surface area contributed by atoms with E-state index in [-0.39, 0.29) is 22.7 Å². The summed E-state index contributed by atoms with van der Waals surface area (Å²) in [6, 6.07) is 0. The summed E-state index contributed by atoms with van der Waals surface area (Å²) in [5.74, 6) is 3.62. The van der Waals surface area contributed by atoms with Crippen LogP contribution < -0.4 is 0 Å². The fraction of sp³-hybridized carbons (Fsp3) is 0.690. The van der Waals surface area contributed by atoms with Crippen LogP contribution in [0.5, 0.6) is 0 Å². The van der Waals surface area contributed by atoms with Gasteiger partial charge < -0.3 is 0 Å². The number of rotatable bonds is 2. The predicted molar refractivity (Wildman–Crippen MR) is 125 cm³/mol. The molecule has 0 radical (unpaired) electrons. The Hall–Kier alpha value is -1.37. The molecule has 30 heavy (non-hydrogen) atoms. The van der Waals surface area contributed by atoms with Crippen molar-refractivity contribution in [3.63, 3.8) is 0 Å². The first-order valence-electron chi connectivity index (χ1n) is 12.5. The first-order chi connectivity index (χ1) is 14.2. The lowest BCUT2D eigenvalue weighted by atomic mass is 9.54. The number of ketones is 1. The summed E-state index contributed by atoms with van der Waals surface area (Å²) in [7, 11) is 0. The van der Waals surface area contributed by atoms with Gasteiger partial charge in [-0.1, -0.05) is 58.1 Å². The SMILES string of the molecule is C=C1C(C2(C)C=C3CC(C)C(=O)C(C3)C2)=CCC=C1C1(C)CC2CC(C)CC(C2)C1. The fourth-order valence-electron chi connectivity index (χ4n) is 8.58. The van der Waals surface area contributed by atoms with E-state index in [4.69, 9.17) is 6.58 Å².